The summed E-state index contributed by atoms with van der Waals surface area (Å²) >= 11 is 1.64. The largest absolute Gasteiger partial charge is 0.340 e. The van der Waals surface area contributed by atoms with E-state index in [0.29, 0.717) is 18.9 Å². The van der Waals surface area contributed by atoms with Gasteiger partial charge in [0.05, 0.1) is 5.01 Å². The van der Waals surface area contributed by atoms with Gasteiger partial charge < -0.3 is 10.6 Å². The predicted molar refractivity (Wildman–Crippen MR) is 59.7 cm³/mol. The van der Waals surface area contributed by atoms with Crippen LogP contribution < -0.4 is 5.73 Å². The fraction of sp³-hybridized carbons (Fsp3) is 0.600. The van der Waals surface area contributed by atoms with E-state index in [1.54, 1.807) is 17.5 Å². The minimum atomic E-state index is 0.0148. The van der Waals surface area contributed by atoms with E-state index in [1.807, 2.05) is 10.3 Å². The molecule has 4 nitrogen and oxygen atoms in total. The highest BCUT2D eigenvalue weighted by atomic mass is 32.1. The maximum Gasteiger partial charge on any atom is 0.224 e. The van der Waals surface area contributed by atoms with Gasteiger partial charge in [-0.3, -0.25) is 4.79 Å². The van der Waals surface area contributed by atoms with Gasteiger partial charge in [-0.05, 0) is 0 Å². The van der Waals surface area contributed by atoms with Crippen molar-refractivity contribution >= 4 is 17.2 Å². The second-order valence-corrected chi connectivity index (χ2v) is 4.96. The molecule has 1 aromatic heterocycles. The summed E-state index contributed by atoms with van der Waals surface area (Å²) < 4.78 is 0. The van der Waals surface area contributed by atoms with Crippen LogP contribution >= 0.6 is 11.3 Å². The van der Waals surface area contributed by atoms with Gasteiger partial charge in [0.25, 0.3) is 0 Å². The summed E-state index contributed by atoms with van der Waals surface area (Å²) in [5, 5.41) is 3.05. The lowest BCUT2D eigenvalue weighted by molar-refractivity contribution is -0.127. The van der Waals surface area contributed by atoms with Crippen molar-refractivity contribution in [2.75, 3.05) is 13.1 Å². The molecule has 1 aliphatic rings. The fourth-order valence-electron chi connectivity index (χ4n) is 1.87. The molecule has 2 unspecified atom stereocenters. The molecular weight excluding hydrogens is 210 g/mol. The van der Waals surface area contributed by atoms with Crippen LogP contribution in [0.1, 0.15) is 24.3 Å². The zero-order valence-electron chi connectivity index (χ0n) is 8.72. The van der Waals surface area contributed by atoms with E-state index >= 15 is 0 Å². The summed E-state index contributed by atoms with van der Waals surface area (Å²) in [5.41, 5.74) is 5.73. The standard InChI is InChI=1S/C10H15N3OS/c1-7(10-12-2-3-15-10)5-13-6-8(11)4-9(13)14/h2-3,7-8H,4-6,11H2,1H3. The van der Waals surface area contributed by atoms with Crippen molar-refractivity contribution in [3.63, 3.8) is 0 Å². The SMILES string of the molecule is CC(CN1CC(N)CC1=O)c1nccs1. The lowest BCUT2D eigenvalue weighted by Gasteiger charge is -2.19. The maximum atomic E-state index is 11.5. The third kappa shape index (κ3) is 2.35. The van der Waals surface area contributed by atoms with Crippen LogP contribution in [0.5, 0.6) is 0 Å². The van der Waals surface area contributed by atoms with E-state index in [1.165, 1.54) is 0 Å². The van der Waals surface area contributed by atoms with Gasteiger partial charge in [-0.2, -0.15) is 0 Å². The molecule has 15 heavy (non-hydrogen) atoms. The first kappa shape index (κ1) is 10.6. The molecule has 0 bridgehead atoms. The molecule has 82 valence electrons. The number of rotatable bonds is 3. The van der Waals surface area contributed by atoms with Gasteiger partial charge in [-0.15, -0.1) is 11.3 Å². The van der Waals surface area contributed by atoms with Crippen molar-refractivity contribution in [2.24, 2.45) is 5.73 Å². The van der Waals surface area contributed by atoms with Crippen LogP contribution in [0.4, 0.5) is 0 Å². The molecule has 1 aromatic rings. The average Bonchev–Trinajstić information content (AvgIpc) is 2.76. The molecule has 5 heteroatoms. The van der Waals surface area contributed by atoms with Crippen LogP contribution in [-0.4, -0.2) is 34.9 Å². The average molecular weight is 225 g/mol. The number of hydrogen-bond donors (Lipinski definition) is 1. The third-order valence-corrected chi connectivity index (χ3v) is 3.62. The summed E-state index contributed by atoms with van der Waals surface area (Å²) in [7, 11) is 0. The van der Waals surface area contributed by atoms with Gasteiger partial charge in [0.2, 0.25) is 5.91 Å². The summed E-state index contributed by atoms with van der Waals surface area (Å²) in [4.78, 5) is 17.6. The van der Waals surface area contributed by atoms with Gasteiger partial charge in [0.1, 0.15) is 0 Å². The Morgan fingerprint density at radius 1 is 1.80 bits per heavy atom. The van der Waals surface area contributed by atoms with Crippen molar-refractivity contribution < 1.29 is 4.79 Å². The van der Waals surface area contributed by atoms with Crippen LogP contribution in [0.3, 0.4) is 0 Å². The minimum absolute atomic E-state index is 0.0148. The second-order valence-electron chi connectivity index (χ2n) is 4.03. The van der Waals surface area contributed by atoms with E-state index in [-0.39, 0.29) is 11.9 Å². The summed E-state index contributed by atoms with van der Waals surface area (Å²) in [6.07, 6.45) is 2.29. The molecule has 2 atom stereocenters. The number of likely N-dealkylation sites (tertiary alicyclic amines) is 1. The van der Waals surface area contributed by atoms with Gasteiger partial charge in [-0.1, -0.05) is 6.92 Å². The van der Waals surface area contributed by atoms with E-state index < -0.39 is 0 Å². The van der Waals surface area contributed by atoms with Crippen molar-refractivity contribution in [1.82, 2.24) is 9.88 Å². The number of thiazole rings is 1. The van der Waals surface area contributed by atoms with Crippen LogP contribution in [0, 0.1) is 0 Å². The topological polar surface area (TPSA) is 59.2 Å². The minimum Gasteiger partial charge on any atom is -0.340 e. The molecule has 1 fully saturated rings. The Hall–Kier alpha value is -0.940. The molecule has 1 amide bonds. The zero-order chi connectivity index (χ0) is 10.8. The highest BCUT2D eigenvalue weighted by Gasteiger charge is 2.28. The lowest BCUT2D eigenvalue weighted by Crippen LogP contribution is -2.31. The Labute approximate surface area is 93.1 Å². The zero-order valence-corrected chi connectivity index (χ0v) is 9.54. The van der Waals surface area contributed by atoms with Gasteiger partial charge >= 0.3 is 0 Å². The first-order valence-electron chi connectivity index (χ1n) is 5.09. The number of aromatic nitrogens is 1. The highest BCUT2D eigenvalue weighted by molar-refractivity contribution is 7.09. The van der Waals surface area contributed by atoms with Gasteiger partial charge in [0, 0.05) is 43.0 Å². The first-order valence-corrected chi connectivity index (χ1v) is 5.97. The molecule has 0 spiro atoms. The number of nitrogens with two attached hydrogens (primary N) is 1. The normalized spacial score (nSPS) is 23.5. The number of carbonyl (C=O) groups excluding carboxylic acids is 1. The third-order valence-electron chi connectivity index (χ3n) is 2.61. The Morgan fingerprint density at radius 2 is 2.60 bits per heavy atom. The van der Waals surface area contributed by atoms with E-state index in [9.17, 15) is 4.79 Å². The molecule has 2 rings (SSSR count). The Bertz CT molecular complexity index is 338. The van der Waals surface area contributed by atoms with Crippen LogP contribution in [0.25, 0.3) is 0 Å². The molecule has 2 N–H and O–H groups in total. The van der Waals surface area contributed by atoms with Crippen molar-refractivity contribution in [2.45, 2.75) is 25.3 Å². The van der Waals surface area contributed by atoms with Crippen molar-refractivity contribution in [1.29, 1.82) is 0 Å². The lowest BCUT2D eigenvalue weighted by atomic mass is 10.2. The summed E-state index contributed by atoms with van der Waals surface area (Å²) in [6.45, 7) is 3.52. The quantitative estimate of drug-likeness (QED) is 0.828. The van der Waals surface area contributed by atoms with E-state index in [0.717, 1.165) is 11.6 Å². The highest BCUT2D eigenvalue weighted by Crippen LogP contribution is 2.21. The predicted octanol–water partition coefficient (Wildman–Crippen LogP) is 0.806. The molecule has 0 radical (unpaired) electrons. The van der Waals surface area contributed by atoms with Gasteiger partial charge in [0.15, 0.2) is 0 Å². The Morgan fingerprint density at radius 3 is 3.13 bits per heavy atom. The van der Waals surface area contributed by atoms with Crippen LogP contribution in [-0.2, 0) is 4.79 Å². The Kier molecular flexibility index (Phi) is 3.02. The number of amides is 1. The molecule has 2 heterocycles. The number of hydrogen-bond acceptors (Lipinski definition) is 4. The maximum absolute atomic E-state index is 11.5. The Balaban J connectivity index is 1.95. The first-order chi connectivity index (χ1) is 7.16. The fourth-order valence-corrected chi connectivity index (χ4v) is 2.56. The molecule has 0 saturated carbocycles. The second kappa shape index (κ2) is 4.28. The monoisotopic (exact) mass is 225 g/mol. The van der Waals surface area contributed by atoms with E-state index in [2.05, 4.69) is 11.9 Å². The molecule has 1 saturated heterocycles. The van der Waals surface area contributed by atoms with Crippen molar-refractivity contribution in [3.8, 4) is 0 Å². The molecular formula is C10H15N3OS. The smallest absolute Gasteiger partial charge is 0.224 e. The van der Waals surface area contributed by atoms with E-state index in [4.69, 9.17) is 5.73 Å². The van der Waals surface area contributed by atoms with Crippen LogP contribution in [0.2, 0.25) is 0 Å². The molecule has 0 aromatic carbocycles. The van der Waals surface area contributed by atoms with Gasteiger partial charge in [-0.25, -0.2) is 4.98 Å². The number of nitrogens with zero attached hydrogens (tertiary/aromatic N) is 2. The molecule has 1 aliphatic heterocycles. The molecule has 0 aliphatic carbocycles. The van der Waals surface area contributed by atoms with Crippen LogP contribution in [0.15, 0.2) is 11.6 Å². The summed E-state index contributed by atoms with van der Waals surface area (Å²) in [6, 6.07) is 0.0148. The van der Waals surface area contributed by atoms with Crippen molar-refractivity contribution in [3.05, 3.63) is 16.6 Å². The number of carbonyl (C=O) groups is 1. The summed E-state index contributed by atoms with van der Waals surface area (Å²) in [5.74, 6) is 0.477.